The van der Waals surface area contributed by atoms with Crippen molar-refractivity contribution < 1.29 is 15.0 Å². The number of thioether (sulfide) groups is 1. The lowest BCUT2D eigenvalue weighted by molar-refractivity contribution is -0.143. The molecule has 1 fully saturated rings. The van der Waals surface area contributed by atoms with Crippen LogP contribution in [0.5, 0.6) is 0 Å². The van der Waals surface area contributed by atoms with Gasteiger partial charge in [0, 0.05) is 10.5 Å². The highest BCUT2D eigenvalue weighted by Crippen LogP contribution is 2.45. The number of aliphatic hydroxyl groups is 1. The number of hydrogen-bond donors (Lipinski definition) is 2. The molecule has 1 aliphatic carbocycles. The van der Waals surface area contributed by atoms with E-state index in [1.807, 2.05) is 6.92 Å². The van der Waals surface area contributed by atoms with Crippen LogP contribution in [0.4, 0.5) is 0 Å². The third-order valence-electron chi connectivity index (χ3n) is 4.40. The van der Waals surface area contributed by atoms with Gasteiger partial charge in [-0.1, -0.05) is 27.7 Å². The van der Waals surface area contributed by atoms with Gasteiger partial charge in [0.05, 0.1) is 12.0 Å². The standard InChI is InChI=1S/C15H28O3S/c1-9(16)10(2)19-13-8-11(15(3,4)5)6-7-12(13)14(17)18/h9-13,16H,6-8H2,1-5H3,(H,17,18). The van der Waals surface area contributed by atoms with Gasteiger partial charge in [-0.25, -0.2) is 0 Å². The van der Waals surface area contributed by atoms with E-state index in [2.05, 4.69) is 20.8 Å². The fraction of sp³-hybridized carbons (Fsp3) is 0.933. The third kappa shape index (κ3) is 4.67. The zero-order valence-electron chi connectivity index (χ0n) is 12.7. The lowest BCUT2D eigenvalue weighted by atomic mass is 9.69. The van der Waals surface area contributed by atoms with Crippen molar-refractivity contribution in [1.82, 2.24) is 0 Å². The lowest BCUT2D eigenvalue weighted by Gasteiger charge is -2.41. The molecule has 2 N–H and O–H groups in total. The normalized spacial score (nSPS) is 31.8. The number of carboxylic acid groups (broad SMARTS) is 1. The van der Waals surface area contributed by atoms with Gasteiger partial charge in [0.1, 0.15) is 0 Å². The van der Waals surface area contributed by atoms with Gasteiger partial charge >= 0.3 is 5.97 Å². The van der Waals surface area contributed by atoms with Gasteiger partial charge in [0.15, 0.2) is 0 Å². The van der Waals surface area contributed by atoms with E-state index in [0.717, 1.165) is 19.3 Å². The van der Waals surface area contributed by atoms with Crippen LogP contribution in [0.2, 0.25) is 0 Å². The van der Waals surface area contributed by atoms with Gasteiger partial charge in [-0.3, -0.25) is 4.79 Å². The number of rotatable bonds is 4. The van der Waals surface area contributed by atoms with E-state index in [-0.39, 0.29) is 21.8 Å². The molecule has 3 nitrogen and oxygen atoms in total. The second-order valence-electron chi connectivity index (χ2n) is 6.94. The quantitative estimate of drug-likeness (QED) is 0.832. The predicted octanol–water partition coefficient (Wildman–Crippen LogP) is 3.40. The van der Waals surface area contributed by atoms with Crippen LogP contribution in [0.15, 0.2) is 0 Å². The van der Waals surface area contributed by atoms with Crippen LogP contribution >= 0.6 is 11.8 Å². The second kappa shape index (κ2) is 6.49. The van der Waals surface area contributed by atoms with Gasteiger partial charge in [-0.15, -0.1) is 0 Å². The topological polar surface area (TPSA) is 57.5 Å². The molecular weight excluding hydrogens is 260 g/mol. The van der Waals surface area contributed by atoms with Gasteiger partial charge in [-0.2, -0.15) is 11.8 Å². The summed E-state index contributed by atoms with van der Waals surface area (Å²) in [5.74, 6) is -0.366. The van der Waals surface area contributed by atoms with Crippen molar-refractivity contribution in [2.75, 3.05) is 0 Å². The molecule has 0 radical (unpaired) electrons. The van der Waals surface area contributed by atoms with Crippen molar-refractivity contribution in [2.24, 2.45) is 17.3 Å². The minimum Gasteiger partial charge on any atom is -0.481 e. The first-order valence-corrected chi connectivity index (χ1v) is 8.13. The zero-order valence-corrected chi connectivity index (χ0v) is 13.5. The first-order chi connectivity index (χ1) is 8.62. The summed E-state index contributed by atoms with van der Waals surface area (Å²) in [4.78, 5) is 11.4. The molecule has 19 heavy (non-hydrogen) atoms. The zero-order chi connectivity index (χ0) is 14.8. The smallest absolute Gasteiger partial charge is 0.307 e. The van der Waals surface area contributed by atoms with Crippen LogP contribution in [0, 0.1) is 17.3 Å². The predicted molar refractivity (Wildman–Crippen MR) is 80.4 cm³/mol. The number of carboxylic acids is 1. The molecule has 5 unspecified atom stereocenters. The highest BCUT2D eigenvalue weighted by atomic mass is 32.2. The Kier molecular flexibility index (Phi) is 5.75. The first kappa shape index (κ1) is 16.8. The molecule has 112 valence electrons. The third-order valence-corrected chi connectivity index (χ3v) is 6.10. The van der Waals surface area contributed by atoms with Crippen LogP contribution in [-0.4, -0.2) is 32.8 Å². The van der Waals surface area contributed by atoms with E-state index < -0.39 is 12.1 Å². The molecule has 0 bridgehead atoms. The van der Waals surface area contributed by atoms with Crippen molar-refractivity contribution >= 4 is 17.7 Å². The molecule has 0 heterocycles. The van der Waals surface area contributed by atoms with E-state index in [1.165, 1.54) is 0 Å². The summed E-state index contributed by atoms with van der Waals surface area (Å²) in [6.07, 6.45) is 2.32. The SMILES string of the molecule is CC(O)C(C)SC1CC(C(C)(C)C)CCC1C(=O)O. The first-order valence-electron chi connectivity index (χ1n) is 7.19. The molecule has 0 amide bonds. The van der Waals surface area contributed by atoms with Crippen LogP contribution in [-0.2, 0) is 4.79 Å². The van der Waals surface area contributed by atoms with E-state index in [0.29, 0.717) is 5.92 Å². The molecule has 1 rings (SSSR count). The molecular formula is C15H28O3S. The minimum atomic E-state index is -0.678. The van der Waals surface area contributed by atoms with E-state index in [1.54, 1.807) is 18.7 Å². The summed E-state index contributed by atoms with van der Waals surface area (Å²) in [7, 11) is 0. The van der Waals surface area contributed by atoms with E-state index in [9.17, 15) is 15.0 Å². The van der Waals surface area contributed by atoms with Crippen LogP contribution in [0.1, 0.15) is 53.9 Å². The Bertz CT molecular complexity index is 309. The maximum Gasteiger partial charge on any atom is 0.307 e. The second-order valence-corrected chi connectivity index (χ2v) is 8.56. The van der Waals surface area contributed by atoms with Crippen molar-refractivity contribution in [3.63, 3.8) is 0 Å². The number of carbonyl (C=O) groups is 1. The lowest BCUT2D eigenvalue weighted by Crippen LogP contribution is -2.38. The van der Waals surface area contributed by atoms with Crippen molar-refractivity contribution in [3.05, 3.63) is 0 Å². The van der Waals surface area contributed by atoms with Gasteiger partial charge in [0.25, 0.3) is 0 Å². The molecule has 4 heteroatoms. The number of hydrogen-bond acceptors (Lipinski definition) is 3. The molecule has 0 aromatic heterocycles. The molecule has 0 spiro atoms. The van der Waals surface area contributed by atoms with Crippen LogP contribution in [0.25, 0.3) is 0 Å². The number of aliphatic hydroxyl groups excluding tert-OH is 1. The van der Waals surface area contributed by atoms with Crippen molar-refractivity contribution in [2.45, 2.75) is 70.5 Å². The Hall–Kier alpha value is -0.220. The maximum atomic E-state index is 11.4. The van der Waals surface area contributed by atoms with Gasteiger partial charge < -0.3 is 10.2 Å². The fourth-order valence-electron chi connectivity index (χ4n) is 2.74. The molecule has 0 aromatic rings. The fourth-order valence-corrected chi connectivity index (χ4v) is 4.30. The summed E-state index contributed by atoms with van der Waals surface area (Å²) < 4.78 is 0. The van der Waals surface area contributed by atoms with Gasteiger partial charge in [0.2, 0.25) is 0 Å². The summed E-state index contributed by atoms with van der Waals surface area (Å²) in [5.41, 5.74) is 0.232. The Labute approximate surface area is 121 Å². The average molecular weight is 288 g/mol. The molecule has 5 atom stereocenters. The highest BCUT2D eigenvalue weighted by Gasteiger charge is 2.40. The monoisotopic (exact) mass is 288 g/mol. The summed E-state index contributed by atoms with van der Waals surface area (Å²) in [6.45, 7) is 10.5. The molecule has 1 saturated carbocycles. The number of aliphatic carboxylic acids is 1. The summed E-state index contributed by atoms with van der Waals surface area (Å²) in [5, 5.41) is 19.2. The maximum absolute atomic E-state index is 11.4. The Morgan fingerprint density at radius 3 is 2.26 bits per heavy atom. The molecule has 0 saturated heterocycles. The largest absolute Gasteiger partial charge is 0.481 e. The Balaban J connectivity index is 2.76. The minimum absolute atomic E-state index is 0.0885. The van der Waals surface area contributed by atoms with Crippen LogP contribution in [0.3, 0.4) is 0 Å². The Morgan fingerprint density at radius 2 is 1.84 bits per heavy atom. The van der Waals surface area contributed by atoms with E-state index >= 15 is 0 Å². The summed E-state index contributed by atoms with van der Waals surface area (Å²) in [6, 6.07) is 0. The summed E-state index contributed by atoms with van der Waals surface area (Å²) >= 11 is 1.65. The molecule has 0 aromatic carbocycles. The molecule has 1 aliphatic rings. The molecule has 0 aliphatic heterocycles. The van der Waals surface area contributed by atoms with Gasteiger partial charge in [-0.05, 0) is 37.5 Å². The highest BCUT2D eigenvalue weighted by molar-refractivity contribution is 8.00. The van der Waals surface area contributed by atoms with Crippen LogP contribution < -0.4 is 0 Å². The van der Waals surface area contributed by atoms with Crippen molar-refractivity contribution in [3.8, 4) is 0 Å². The average Bonchev–Trinajstić information content (AvgIpc) is 2.27. The van der Waals surface area contributed by atoms with E-state index in [4.69, 9.17) is 0 Å². The Morgan fingerprint density at radius 1 is 1.26 bits per heavy atom. The van der Waals surface area contributed by atoms with Crippen molar-refractivity contribution in [1.29, 1.82) is 0 Å².